The SMILES string of the molecule is NC(=O)c1ccc(O[C@@H]2CN(C(=O)OCc3ccccc3)C[C@H]2O)cc1. The van der Waals surface area contributed by atoms with Crippen LogP contribution in [0, 0.1) is 0 Å². The van der Waals surface area contributed by atoms with Crippen LogP contribution in [-0.2, 0) is 11.3 Å². The molecule has 1 aliphatic heterocycles. The number of hydrogen-bond donors (Lipinski definition) is 2. The number of carbonyl (C=O) groups is 2. The maximum Gasteiger partial charge on any atom is 0.410 e. The van der Waals surface area contributed by atoms with Crippen molar-refractivity contribution in [3.05, 3.63) is 65.7 Å². The predicted octanol–water partition coefficient (Wildman–Crippen LogP) is 1.55. The minimum absolute atomic E-state index is 0.137. The van der Waals surface area contributed by atoms with Gasteiger partial charge in [0.15, 0.2) is 0 Å². The average molecular weight is 356 g/mol. The van der Waals surface area contributed by atoms with Crippen LogP contribution in [0.4, 0.5) is 4.79 Å². The lowest BCUT2D eigenvalue weighted by Gasteiger charge is -2.17. The quantitative estimate of drug-likeness (QED) is 0.846. The molecule has 1 saturated heterocycles. The van der Waals surface area contributed by atoms with E-state index in [9.17, 15) is 14.7 Å². The Labute approximate surface area is 150 Å². The van der Waals surface area contributed by atoms with E-state index in [0.29, 0.717) is 11.3 Å². The van der Waals surface area contributed by atoms with E-state index in [-0.39, 0.29) is 19.7 Å². The van der Waals surface area contributed by atoms with Gasteiger partial charge in [0.25, 0.3) is 0 Å². The zero-order chi connectivity index (χ0) is 18.5. The zero-order valence-corrected chi connectivity index (χ0v) is 14.1. The minimum atomic E-state index is -0.824. The molecule has 3 N–H and O–H groups in total. The summed E-state index contributed by atoms with van der Waals surface area (Å²) < 4.78 is 11.0. The standard InChI is InChI=1S/C19H20N2O5/c20-18(23)14-6-8-15(9-7-14)26-17-11-21(10-16(17)22)19(24)25-12-13-4-2-1-3-5-13/h1-9,16-17,22H,10-12H2,(H2,20,23)/t16-,17-/m1/s1. The molecule has 2 amide bonds. The van der Waals surface area contributed by atoms with Gasteiger partial charge in [-0.25, -0.2) is 4.79 Å². The molecule has 1 fully saturated rings. The number of nitrogens with zero attached hydrogens (tertiary/aromatic N) is 1. The fourth-order valence-electron chi connectivity index (χ4n) is 2.70. The molecule has 7 heteroatoms. The molecule has 7 nitrogen and oxygen atoms in total. The van der Waals surface area contributed by atoms with E-state index in [4.69, 9.17) is 15.2 Å². The summed E-state index contributed by atoms with van der Waals surface area (Å²) in [7, 11) is 0. The summed E-state index contributed by atoms with van der Waals surface area (Å²) in [6, 6.07) is 15.7. The summed E-state index contributed by atoms with van der Waals surface area (Å²) in [6.45, 7) is 0.524. The first-order valence-corrected chi connectivity index (χ1v) is 8.23. The number of aliphatic hydroxyl groups excluding tert-OH is 1. The lowest BCUT2D eigenvalue weighted by Crippen LogP contribution is -2.31. The Morgan fingerprint density at radius 3 is 2.42 bits per heavy atom. The summed E-state index contributed by atoms with van der Waals surface area (Å²) in [5.74, 6) is -0.0386. The van der Waals surface area contributed by atoms with Crippen molar-refractivity contribution in [3.8, 4) is 5.75 Å². The van der Waals surface area contributed by atoms with Crippen LogP contribution in [0.2, 0.25) is 0 Å². The number of carbonyl (C=O) groups excluding carboxylic acids is 2. The highest BCUT2D eigenvalue weighted by atomic mass is 16.6. The molecule has 0 saturated carbocycles. The van der Waals surface area contributed by atoms with E-state index in [2.05, 4.69) is 0 Å². The van der Waals surface area contributed by atoms with Gasteiger partial charge >= 0.3 is 6.09 Å². The third-order valence-corrected chi connectivity index (χ3v) is 4.13. The maximum absolute atomic E-state index is 12.2. The number of rotatable bonds is 5. The topological polar surface area (TPSA) is 102 Å². The lowest BCUT2D eigenvalue weighted by atomic mass is 10.2. The molecule has 136 valence electrons. The second-order valence-electron chi connectivity index (χ2n) is 6.06. The smallest absolute Gasteiger partial charge is 0.410 e. The van der Waals surface area contributed by atoms with Crippen molar-refractivity contribution in [2.75, 3.05) is 13.1 Å². The highest BCUT2D eigenvalue weighted by Crippen LogP contribution is 2.20. The molecule has 2 aromatic carbocycles. The number of primary amides is 1. The fraction of sp³-hybridized carbons (Fsp3) is 0.263. The van der Waals surface area contributed by atoms with Crippen molar-refractivity contribution >= 4 is 12.0 Å². The number of amides is 2. The van der Waals surface area contributed by atoms with Crippen LogP contribution in [0.15, 0.2) is 54.6 Å². The van der Waals surface area contributed by atoms with E-state index in [1.54, 1.807) is 24.3 Å². The molecule has 2 aromatic rings. The van der Waals surface area contributed by atoms with Gasteiger partial charge < -0.3 is 25.2 Å². The van der Waals surface area contributed by atoms with Crippen LogP contribution < -0.4 is 10.5 Å². The van der Waals surface area contributed by atoms with Gasteiger partial charge in [0.1, 0.15) is 24.6 Å². The van der Waals surface area contributed by atoms with Gasteiger partial charge in [-0.1, -0.05) is 30.3 Å². The van der Waals surface area contributed by atoms with Crippen molar-refractivity contribution in [2.24, 2.45) is 5.73 Å². The number of hydrogen-bond acceptors (Lipinski definition) is 5. The molecule has 1 aliphatic rings. The predicted molar refractivity (Wildman–Crippen MR) is 93.6 cm³/mol. The third-order valence-electron chi connectivity index (χ3n) is 4.13. The van der Waals surface area contributed by atoms with Gasteiger partial charge in [-0.2, -0.15) is 0 Å². The molecule has 2 atom stereocenters. The molecule has 0 aromatic heterocycles. The summed E-state index contributed by atoms with van der Waals surface area (Å²) in [5.41, 5.74) is 6.46. The monoisotopic (exact) mass is 356 g/mol. The van der Waals surface area contributed by atoms with Crippen molar-refractivity contribution in [1.82, 2.24) is 4.90 Å². The highest BCUT2D eigenvalue weighted by molar-refractivity contribution is 5.92. The molecule has 1 heterocycles. The van der Waals surface area contributed by atoms with Gasteiger partial charge in [-0.05, 0) is 29.8 Å². The van der Waals surface area contributed by atoms with Gasteiger partial charge in [-0.15, -0.1) is 0 Å². The number of benzene rings is 2. The molecule has 0 unspecified atom stereocenters. The van der Waals surface area contributed by atoms with E-state index in [1.807, 2.05) is 30.3 Å². The Hall–Kier alpha value is -3.06. The Bertz CT molecular complexity index is 763. The normalized spacial score (nSPS) is 19.2. The maximum atomic E-state index is 12.2. The highest BCUT2D eigenvalue weighted by Gasteiger charge is 2.36. The molecular weight excluding hydrogens is 336 g/mol. The second kappa shape index (κ2) is 7.88. The number of β-amino-alcohol motifs (C(OH)–C–C–N with tert-alkyl or cyclic N) is 1. The zero-order valence-electron chi connectivity index (χ0n) is 14.1. The Morgan fingerprint density at radius 2 is 1.77 bits per heavy atom. The number of aliphatic hydroxyl groups is 1. The Kier molecular flexibility index (Phi) is 5.38. The first kappa shape index (κ1) is 17.8. The van der Waals surface area contributed by atoms with E-state index < -0.39 is 24.2 Å². The van der Waals surface area contributed by atoms with Crippen LogP contribution in [0.25, 0.3) is 0 Å². The minimum Gasteiger partial charge on any atom is -0.486 e. The molecular formula is C19H20N2O5. The second-order valence-corrected chi connectivity index (χ2v) is 6.06. The average Bonchev–Trinajstić information content (AvgIpc) is 3.01. The number of ether oxygens (including phenoxy) is 2. The largest absolute Gasteiger partial charge is 0.486 e. The van der Waals surface area contributed by atoms with Crippen LogP contribution in [0.1, 0.15) is 15.9 Å². The summed E-state index contributed by atoms with van der Waals surface area (Å²) in [4.78, 5) is 24.7. The molecule has 3 rings (SSSR count). The summed E-state index contributed by atoms with van der Waals surface area (Å²) in [6.07, 6.45) is -1.89. The van der Waals surface area contributed by atoms with Crippen LogP contribution in [0.3, 0.4) is 0 Å². The van der Waals surface area contributed by atoms with Gasteiger partial charge in [0.05, 0.1) is 13.1 Å². The summed E-state index contributed by atoms with van der Waals surface area (Å²) in [5, 5.41) is 10.1. The van der Waals surface area contributed by atoms with E-state index in [1.165, 1.54) is 4.90 Å². The lowest BCUT2D eigenvalue weighted by molar-refractivity contribution is 0.0735. The third kappa shape index (κ3) is 4.31. The number of nitrogens with two attached hydrogens (primary N) is 1. The molecule has 0 radical (unpaired) electrons. The molecule has 0 spiro atoms. The van der Waals surface area contributed by atoms with Gasteiger partial charge in [-0.3, -0.25) is 4.79 Å². The van der Waals surface area contributed by atoms with Crippen LogP contribution >= 0.6 is 0 Å². The van der Waals surface area contributed by atoms with E-state index in [0.717, 1.165) is 5.56 Å². The van der Waals surface area contributed by atoms with Gasteiger partial charge in [0, 0.05) is 5.56 Å². The van der Waals surface area contributed by atoms with Crippen molar-refractivity contribution < 1.29 is 24.2 Å². The Morgan fingerprint density at radius 1 is 1.08 bits per heavy atom. The number of likely N-dealkylation sites (tertiary alicyclic amines) is 1. The molecule has 26 heavy (non-hydrogen) atoms. The van der Waals surface area contributed by atoms with Crippen LogP contribution in [-0.4, -0.2) is 47.3 Å². The van der Waals surface area contributed by atoms with Crippen molar-refractivity contribution in [1.29, 1.82) is 0 Å². The van der Waals surface area contributed by atoms with Crippen LogP contribution in [0.5, 0.6) is 5.75 Å². The Balaban J connectivity index is 1.53. The van der Waals surface area contributed by atoms with Crippen molar-refractivity contribution in [2.45, 2.75) is 18.8 Å². The molecule has 0 bridgehead atoms. The fourth-order valence-corrected chi connectivity index (χ4v) is 2.70. The van der Waals surface area contributed by atoms with Gasteiger partial charge in [0.2, 0.25) is 5.91 Å². The van der Waals surface area contributed by atoms with Crippen molar-refractivity contribution in [3.63, 3.8) is 0 Å². The summed E-state index contributed by atoms with van der Waals surface area (Å²) >= 11 is 0. The van der Waals surface area contributed by atoms with E-state index >= 15 is 0 Å². The first-order valence-electron chi connectivity index (χ1n) is 8.23. The first-order chi connectivity index (χ1) is 12.5. The molecule has 0 aliphatic carbocycles.